The second-order valence-electron chi connectivity index (χ2n) is 4.68. The first-order valence-electron chi connectivity index (χ1n) is 6.58. The molecule has 0 bridgehead atoms. The number of primary amides is 1. The molecule has 106 valence electrons. The molecule has 1 aromatic heterocycles. The van der Waals surface area contributed by atoms with Crippen LogP contribution in [0.2, 0.25) is 0 Å². The number of nitrogens with zero attached hydrogens (tertiary/aromatic N) is 2. The lowest BCUT2D eigenvalue weighted by atomic mass is 10.2. The summed E-state index contributed by atoms with van der Waals surface area (Å²) >= 11 is 0. The number of nitrogens with two attached hydrogens (primary N) is 1. The standard InChI is InChI=1S/C13H23N5O/c1-5-6-11-17-12(15-4)9(3)13(18-11)16-8(2)7-10(14)19/h8H,5-7H2,1-4H3,(H2,14,19)(H2,15,16,17,18). The van der Waals surface area contributed by atoms with Gasteiger partial charge in [0.25, 0.3) is 0 Å². The molecule has 0 saturated heterocycles. The smallest absolute Gasteiger partial charge is 0.219 e. The Hall–Kier alpha value is -1.85. The first-order valence-corrected chi connectivity index (χ1v) is 6.58. The van der Waals surface area contributed by atoms with Gasteiger partial charge in [0.2, 0.25) is 5.91 Å². The number of hydrogen-bond donors (Lipinski definition) is 3. The summed E-state index contributed by atoms with van der Waals surface area (Å²) in [6.07, 6.45) is 2.10. The van der Waals surface area contributed by atoms with Crippen LogP contribution in [-0.4, -0.2) is 29.0 Å². The van der Waals surface area contributed by atoms with Crippen LogP contribution in [0.4, 0.5) is 11.6 Å². The van der Waals surface area contributed by atoms with E-state index in [0.29, 0.717) is 0 Å². The molecule has 6 nitrogen and oxygen atoms in total. The van der Waals surface area contributed by atoms with Crippen LogP contribution in [0.3, 0.4) is 0 Å². The Morgan fingerprint density at radius 1 is 1.37 bits per heavy atom. The molecule has 0 aliphatic heterocycles. The van der Waals surface area contributed by atoms with Crippen molar-refractivity contribution < 1.29 is 4.79 Å². The largest absolute Gasteiger partial charge is 0.373 e. The summed E-state index contributed by atoms with van der Waals surface area (Å²) in [5.74, 6) is 2.05. The number of carbonyl (C=O) groups is 1. The van der Waals surface area contributed by atoms with Gasteiger partial charge in [0.1, 0.15) is 17.5 Å². The molecule has 0 saturated carbocycles. The summed E-state index contributed by atoms with van der Waals surface area (Å²) in [4.78, 5) is 19.9. The van der Waals surface area contributed by atoms with Crippen molar-refractivity contribution in [2.75, 3.05) is 17.7 Å². The average molecular weight is 265 g/mol. The summed E-state index contributed by atoms with van der Waals surface area (Å²) in [5.41, 5.74) is 6.14. The van der Waals surface area contributed by atoms with Crippen LogP contribution in [0.5, 0.6) is 0 Å². The molecule has 0 radical (unpaired) electrons. The fourth-order valence-corrected chi connectivity index (χ4v) is 1.87. The summed E-state index contributed by atoms with van der Waals surface area (Å²) in [6, 6.07) is -0.0507. The van der Waals surface area contributed by atoms with Crippen LogP contribution in [-0.2, 0) is 11.2 Å². The predicted molar refractivity (Wildman–Crippen MR) is 77.2 cm³/mol. The molecule has 1 aromatic rings. The van der Waals surface area contributed by atoms with Crippen LogP contribution >= 0.6 is 0 Å². The molecule has 1 amide bonds. The average Bonchev–Trinajstić information content (AvgIpc) is 2.32. The van der Waals surface area contributed by atoms with Crippen LogP contribution in [0, 0.1) is 6.92 Å². The van der Waals surface area contributed by atoms with E-state index in [1.807, 2.05) is 20.9 Å². The molecular weight excluding hydrogens is 242 g/mol. The highest BCUT2D eigenvalue weighted by atomic mass is 16.1. The zero-order valence-corrected chi connectivity index (χ0v) is 12.1. The van der Waals surface area contributed by atoms with Gasteiger partial charge in [0.05, 0.1) is 0 Å². The molecule has 0 fully saturated rings. The highest BCUT2D eigenvalue weighted by molar-refractivity contribution is 5.75. The molecule has 4 N–H and O–H groups in total. The number of anilines is 2. The minimum atomic E-state index is -0.325. The first kappa shape index (κ1) is 15.2. The summed E-state index contributed by atoms with van der Waals surface area (Å²) in [7, 11) is 1.83. The number of carbonyl (C=O) groups excluding carboxylic acids is 1. The highest BCUT2D eigenvalue weighted by Gasteiger charge is 2.13. The van der Waals surface area contributed by atoms with E-state index in [2.05, 4.69) is 27.5 Å². The third-order valence-corrected chi connectivity index (χ3v) is 2.79. The van der Waals surface area contributed by atoms with Gasteiger partial charge < -0.3 is 16.4 Å². The molecule has 6 heteroatoms. The lowest BCUT2D eigenvalue weighted by molar-refractivity contribution is -0.118. The van der Waals surface area contributed by atoms with E-state index in [1.54, 1.807) is 0 Å². The fraction of sp³-hybridized carbons (Fsp3) is 0.615. The van der Waals surface area contributed by atoms with Crippen LogP contribution in [0.1, 0.15) is 38.1 Å². The SMILES string of the molecule is CCCc1nc(NC)c(C)c(NC(C)CC(N)=O)n1. The molecule has 1 atom stereocenters. The summed E-state index contributed by atoms with van der Waals surface area (Å²) in [5, 5.41) is 6.29. The zero-order valence-electron chi connectivity index (χ0n) is 12.1. The van der Waals surface area contributed by atoms with Gasteiger partial charge in [-0.3, -0.25) is 4.79 Å². The van der Waals surface area contributed by atoms with Crippen molar-refractivity contribution >= 4 is 17.5 Å². The minimum Gasteiger partial charge on any atom is -0.373 e. The molecule has 0 spiro atoms. The van der Waals surface area contributed by atoms with Gasteiger partial charge in [0, 0.05) is 31.5 Å². The van der Waals surface area contributed by atoms with Gasteiger partial charge in [-0.05, 0) is 20.3 Å². The van der Waals surface area contributed by atoms with Gasteiger partial charge in [-0.2, -0.15) is 0 Å². The van der Waals surface area contributed by atoms with E-state index < -0.39 is 0 Å². The minimum absolute atomic E-state index is 0.0507. The second-order valence-corrected chi connectivity index (χ2v) is 4.68. The van der Waals surface area contributed by atoms with Crippen molar-refractivity contribution in [2.24, 2.45) is 5.73 Å². The van der Waals surface area contributed by atoms with E-state index in [0.717, 1.165) is 35.9 Å². The summed E-state index contributed by atoms with van der Waals surface area (Å²) < 4.78 is 0. The molecule has 0 aromatic carbocycles. The molecule has 19 heavy (non-hydrogen) atoms. The van der Waals surface area contributed by atoms with E-state index in [4.69, 9.17) is 5.73 Å². The normalized spacial score (nSPS) is 12.0. The van der Waals surface area contributed by atoms with E-state index in [1.165, 1.54) is 0 Å². The second kappa shape index (κ2) is 6.92. The quantitative estimate of drug-likeness (QED) is 0.694. The number of amides is 1. The van der Waals surface area contributed by atoms with E-state index in [-0.39, 0.29) is 18.4 Å². The van der Waals surface area contributed by atoms with Gasteiger partial charge >= 0.3 is 0 Å². The van der Waals surface area contributed by atoms with Gasteiger partial charge in [-0.25, -0.2) is 9.97 Å². The van der Waals surface area contributed by atoms with Crippen molar-refractivity contribution in [1.29, 1.82) is 0 Å². The molecular formula is C13H23N5O. The van der Waals surface area contributed by atoms with Gasteiger partial charge in [-0.15, -0.1) is 0 Å². The lowest BCUT2D eigenvalue weighted by Gasteiger charge is -2.17. The van der Waals surface area contributed by atoms with Crippen LogP contribution < -0.4 is 16.4 Å². The topological polar surface area (TPSA) is 92.9 Å². The Balaban J connectivity index is 2.97. The van der Waals surface area contributed by atoms with Gasteiger partial charge in [0.15, 0.2) is 0 Å². The van der Waals surface area contributed by atoms with Crippen molar-refractivity contribution in [1.82, 2.24) is 9.97 Å². The highest BCUT2D eigenvalue weighted by Crippen LogP contribution is 2.21. The van der Waals surface area contributed by atoms with Gasteiger partial charge in [-0.1, -0.05) is 6.92 Å². The maximum Gasteiger partial charge on any atom is 0.219 e. The number of hydrogen-bond acceptors (Lipinski definition) is 5. The Kier molecular flexibility index (Phi) is 5.54. The Labute approximate surface area is 114 Å². The number of rotatable bonds is 7. The molecule has 1 heterocycles. The molecule has 0 aliphatic rings. The predicted octanol–water partition coefficient (Wildman–Crippen LogP) is 1.46. The first-order chi connectivity index (χ1) is 8.97. The Morgan fingerprint density at radius 2 is 2.00 bits per heavy atom. The van der Waals surface area contributed by atoms with E-state index >= 15 is 0 Å². The van der Waals surface area contributed by atoms with Crippen molar-refractivity contribution in [2.45, 2.75) is 46.1 Å². The third-order valence-electron chi connectivity index (χ3n) is 2.79. The zero-order chi connectivity index (χ0) is 14.4. The number of aromatic nitrogens is 2. The number of nitrogens with one attached hydrogen (secondary N) is 2. The van der Waals surface area contributed by atoms with E-state index in [9.17, 15) is 4.79 Å². The monoisotopic (exact) mass is 265 g/mol. The third kappa shape index (κ3) is 4.39. The number of aryl methyl sites for hydroxylation is 1. The maximum atomic E-state index is 10.9. The Bertz CT molecular complexity index is 447. The fourth-order valence-electron chi connectivity index (χ4n) is 1.87. The molecule has 0 aliphatic carbocycles. The maximum absolute atomic E-state index is 10.9. The van der Waals surface area contributed by atoms with Crippen LogP contribution in [0.25, 0.3) is 0 Å². The van der Waals surface area contributed by atoms with Crippen molar-refractivity contribution in [3.8, 4) is 0 Å². The molecule has 1 rings (SSSR count). The van der Waals surface area contributed by atoms with Crippen molar-refractivity contribution in [3.63, 3.8) is 0 Å². The van der Waals surface area contributed by atoms with Crippen molar-refractivity contribution in [3.05, 3.63) is 11.4 Å². The Morgan fingerprint density at radius 3 is 2.53 bits per heavy atom. The molecule has 1 unspecified atom stereocenters. The van der Waals surface area contributed by atoms with Crippen LogP contribution in [0.15, 0.2) is 0 Å². The lowest BCUT2D eigenvalue weighted by Crippen LogP contribution is -2.25. The summed E-state index contributed by atoms with van der Waals surface area (Å²) in [6.45, 7) is 5.94.